The van der Waals surface area contributed by atoms with Crippen LogP contribution in [-0.4, -0.2) is 42.8 Å². The second-order valence-electron chi connectivity index (χ2n) is 7.10. The number of anilines is 1. The lowest BCUT2D eigenvalue weighted by molar-refractivity contribution is -0.0881. The second-order valence-corrected chi connectivity index (χ2v) is 8.02. The quantitative estimate of drug-likeness (QED) is 0.833. The van der Waals surface area contributed by atoms with Gasteiger partial charge in [-0.3, -0.25) is 9.80 Å². The predicted molar refractivity (Wildman–Crippen MR) is 95.5 cm³/mol. The molecule has 6 rings (SSSR count). The van der Waals surface area contributed by atoms with E-state index in [0.717, 1.165) is 38.2 Å². The van der Waals surface area contributed by atoms with Crippen LogP contribution in [0.2, 0.25) is 0 Å². The van der Waals surface area contributed by atoms with Gasteiger partial charge in [0.1, 0.15) is 5.60 Å². The summed E-state index contributed by atoms with van der Waals surface area (Å²) in [7, 11) is 0. The van der Waals surface area contributed by atoms with E-state index in [1.165, 1.54) is 10.4 Å². The minimum atomic E-state index is -0.289. The zero-order valence-electron chi connectivity index (χ0n) is 13.5. The largest absolute Gasteiger partial charge is 0.439 e. The number of fused-ring (bicyclic) bond motifs is 2. The van der Waals surface area contributed by atoms with Crippen LogP contribution in [0, 0.1) is 5.92 Å². The molecule has 0 unspecified atom stereocenters. The maximum absolute atomic E-state index is 12.6. The number of ether oxygens (including phenoxy) is 1. The van der Waals surface area contributed by atoms with Gasteiger partial charge in [-0.1, -0.05) is 30.3 Å². The molecule has 1 atom stereocenters. The lowest BCUT2D eigenvalue weighted by Crippen LogP contribution is -2.61. The Bertz CT molecular complexity index is 767. The Morgan fingerprint density at radius 3 is 2.62 bits per heavy atom. The van der Waals surface area contributed by atoms with Gasteiger partial charge in [-0.25, -0.2) is 4.79 Å². The molecule has 2 bridgehead atoms. The Balaban J connectivity index is 1.42. The molecule has 0 aliphatic carbocycles. The summed E-state index contributed by atoms with van der Waals surface area (Å²) >= 11 is 1.68. The van der Waals surface area contributed by atoms with Crippen molar-refractivity contribution in [1.29, 1.82) is 0 Å². The third-order valence-corrected chi connectivity index (χ3v) is 6.68. The van der Waals surface area contributed by atoms with Crippen molar-refractivity contribution < 1.29 is 9.53 Å². The van der Waals surface area contributed by atoms with Crippen molar-refractivity contribution in [3.8, 4) is 10.4 Å². The summed E-state index contributed by atoms with van der Waals surface area (Å²) in [6.07, 6.45) is 2.13. The fourth-order valence-corrected chi connectivity index (χ4v) is 5.34. The maximum Gasteiger partial charge on any atom is 0.415 e. The van der Waals surface area contributed by atoms with Gasteiger partial charge < -0.3 is 4.74 Å². The Hall–Kier alpha value is -1.85. The van der Waals surface area contributed by atoms with Crippen LogP contribution in [0.4, 0.5) is 10.5 Å². The summed E-state index contributed by atoms with van der Waals surface area (Å²) in [5, 5.41) is 2.07. The molecule has 1 aromatic carbocycles. The van der Waals surface area contributed by atoms with Crippen molar-refractivity contribution >= 4 is 23.1 Å². The second kappa shape index (κ2) is 5.33. The first-order valence-electron chi connectivity index (χ1n) is 8.60. The van der Waals surface area contributed by atoms with Gasteiger partial charge in [-0.05, 0) is 37.6 Å². The summed E-state index contributed by atoms with van der Waals surface area (Å²) in [5.74, 6) is 0.517. The smallest absolute Gasteiger partial charge is 0.415 e. The molecule has 0 radical (unpaired) electrons. The highest BCUT2D eigenvalue weighted by Crippen LogP contribution is 2.44. The Labute approximate surface area is 145 Å². The van der Waals surface area contributed by atoms with Crippen LogP contribution in [0.3, 0.4) is 0 Å². The van der Waals surface area contributed by atoms with Crippen LogP contribution in [0.15, 0.2) is 41.8 Å². The van der Waals surface area contributed by atoms with Crippen LogP contribution in [0.1, 0.15) is 12.8 Å². The molecule has 2 aromatic rings. The van der Waals surface area contributed by atoms with E-state index in [1.54, 1.807) is 11.3 Å². The number of piperidine rings is 3. The molecule has 4 fully saturated rings. The molecule has 5 heteroatoms. The summed E-state index contributed by atoms with van der Waals surface area (Å²) < 4.78 is 5.96. The van der Waals surface area contributed by atoms with Crippen LogP contribution in [0.25, 0.3) is 10.4 Å². The fourth-order valence-electron chi connectivity index (χ4n) is 4.43. The lowest BCUT2D eigenvalue weighted by Gasteiger charge is -2.49. The van der Waals surface area contributed by atoms with Crippen LogP contribution >= 0.6 is 11.3 Å². The molecular formula is C19H20N2O2S. The number of amides is 1. The molecule has 4 aliphatic rings. The minimum absolute atomic E-state index is 0.179. The van der Waals surface area contributed by atoms with Crippen LogP contribution in [0.5, 0.6) is 0 Å². The Morgan fingerprint density at radius 1 is 1.12 bits per heavy atom. The van der Waals surface area contributed by atoms with Gasteiger partial charge in [-0.15, -0.1) is 11.3 Å². The molecule has 4 saturated heterocycles. The van der Waals surface area contributed by atoms with Gasteiger partial charge in [0.25, 0.3) is 0 Å². The zero-order valence-corrected chi connectivity index (χ0v) is 14.3. The van der Waals surface area contributed by atoms with Gasteiger partial charge in [0.05, 0.1) is 12.2 Å². The molecular weight excluding hydrogens is 320 g/mol. The molecule has 4 nitrogen and oxygen atoms in total. The van der Waals surface area contributed by atoms with Crippen LogP contribution in [-0.2, 0) is 4.74 Å². The number of thiophene rings is 1. The first kappa shape index (κ1) is 14.5. The standard InChI is InChI=1S/C19H20N2O2S/c22-18-21(13-19(23-18)12-20-8-6-15(19)7-9-20)16-10-17(24-11-16)14-4-2-1-3-5-14/h1-5,10-11,15H,6-9,12-13H2/t19-/m0/s1. The summed E-state index contributed by atoms with van der Waals surface area (Å²) in [6.45, 7) is 3.90. The average Bonchev–Trinajstić information content (AvgIpc) is 3.22. The molecule has 24 heavy (non-hydrogen) atoms. The van der Waals surface area contributed by atoms with Crippen molar-refractivity contribution in [3.63, 3.8) is 0 Å². The molecule has 1 aromatic heterocycles. The topological polar surface area (TPSA) is 32.8 Å². The Kier molecular flexibility index (Phi) is 3.22. The number of benzene rings is 1. The zero-order chi connectivity index (χ0) is 16.1. The van der Waals surface area contributed by atoms with E-state index in [4.69, 9.17) is 4.74 Å². The Morgan fingerprint density at radius 2 is 1.92 bits per heavy atom. The van der Waals surface area contributed by atoms with Gasteiger partial charge in [0, 0.05) is 22.7 Å². The van der Waals surface area contributed by atoms with Gasteiger partial charge >= 0.3 is 6.09 Å². The number of carbonyl (C=O) groups is 1. The molecule has 124 valence electrons. The van der Waals surface area contributed by atoms with Crippen molar-refractivity contribution in [2.24, 2.45) is 5.92 Å². The van der Waals surface area contributed by atoms with E-state index in [2.05, 4.69) is 28.5 Å². The average molecular weight is 340 g/mol. The number of nitrogens with zero attached hydrogens (tertiary/aromatic N) is 2. The monoisotopic (exact) mass is 340 g/mol. The van der Waals surface area contributed by atoms with Gasteiger partial charge in [-0.2, -0.15) is 0 Å². The third kappa shape index (κ3) is 2.19. The third-order valence-electron chi connectivity index (χ3n) is 5.72. The lowest BCUT2D eigenvalue weighted by atomic mass is 9.75. The predicted octanol–water partition coefficient (Wildman–Crippen LogP) is 3.84. The van der Waals surface area contributed by atoms with E-state index in [1.807, 2.05) is 23.1 Å². The van der Waals surface area contributed by atoms with E-state index in [0.29, 0.717) is 12.5 Å². The highest BCUT2D eigenvalue weighted by atomic mass is 32.1. The molecule has 1 spiro atoms. The van der Waals surface area contributed by atoms with Crippen molar-refractivity contribution in [2.45, 2.75) is 18.4 Å². The van der Waals surface area contributed by atoms with Crippen molar-refractivity contribution in [3.05, 3.63) is 41.8 Å². The number of rotatable bonds is 2. The van der Waals surface area contributed by atoms with Crippen LogP contribution < -0.4 is 4.90 Å². The number of hydrogen-bond acceptors (Lipinski definition) is 4. The molecule has 5 heterocycles. The maximum atomic E-state index is 12.6. The van der Waals surface area contributed by atoms with Gasteiger partial charge in [0.2, 0.25) is 0 Å². The highest BCUT2D eigenvalue weighted by molar-refractivity contribution is 7.14. The molecule has 1 amide bonds. The van der Waals surface area contributed by atoms with E-state index < -0.39 is 0 Å². The number of carbonyl (C=O) groups excluding carboxylic acids is 1. The highest BCUT2D eigenvalue weighted by Gasteiger charge is 2.55. The first-order chi connectivity index (χ1) is 11.7. The SMILES string of the molecule is O=C1O[C@@]2(CN3CCC2CC3)CN1c1csc(-c2ccccc2)c1. The fraction of sp³-hybridized carbons (Fsp3) is 0.421. The van der Waals surface area contributed by atoms with E-state index >= 15 is 0 Å². The first-order valence-corrected chi connectivity index (χ1v) is 9.48. The van der Waals surface area contributed by atoms with E-state index in [9.17, 15) is 4.79 Å². The molecule has 0 N–H and O–H groups in total. The number of hydrogen-bond donors (Lipinski definition) is 0. The van der Waals surface area contributed by atoms with Crippen molar-refractivity contribution in [1.82, 2.24) is 4.90 Å². The molecule has 0 saturated carbocycles. The van der Waals surface area contributed by atoms with Crippen molar-refractivity contribution in [2.75, 3.05) is 31.1 Å². The summed E-state index contributed by atoms with van der Waals surface area (Å²) in [5.41, 5.74) is 1.87. The van der Waals surface area contributed by atoms with E-state index in [-0.39, 0.29) is 11.7 Å². The molecule has 4 aliphatic heterocycles. The summed E-state index contributed by atoms with van der Waals surface area (Å²) in [4.78, 5) is 18.0. The normalized spacial score (nSPS) is 31.7. The summed E-state index contributed by atoms with van der Waals surface area (Å²) in [6, 6.07) is 12.4. The van der Waals surface area contributed by atoms with Gasteiger partial charge in [0.15, 0.2) is 0 Å². The minimum Gasteiger partial charge on any atom is -0.439 e.